The summed E-state index contributed by atoms with van der Waals surface area (Å²) in [5, 5.41) is 9.33. The lowest BCUT2D eigenvalue weighted by atomic mass is 10.2. The van der Waals surface area contributed by atoms with Crippen LogP contribution in [-0.2, 0) is 13.0 Å². The number of thiophene rings is 1. The molecule has 3 aromatic heterocycles. The molecule has 0 fully saturated rings. The number of rotatable bonds is 5. The molecule has 9 heteroatoms. The topological polar surface area (TPSA) is 81.4 Å². The molecular formula is C12H12ClN7S. The minimum absolute atomic E-state index is 0.111. The monoisotopic (exact) mass is 321 g/mol. The molecule has 0 aromatic carbocycles. The Labute approximate surface area is 130 Å². The highest BCUT2D eigenvalue weighted by molar-refractivity contribution is 7.10. The molecule has 3 rings (SSSR count). The van der Waals surface area contributed by atoms with E-state index in [1.54, 1.807) is 11.3 Å². The first-order valence-corrected chi connectivity index (χ1v) is 7.57. The highest BCUT2D eigenvalue weighted by atomic mass is 35.5. The van der Waals surface area contributed by atoms with Crippen LogP contribution in [-0.4, -0.2) is 29.7 Å². The van der Waals surface area contributed by atoms with Crippen LogP contribution in [0.5, 0.6) is 0 Å². The van der Waals surface area contributed by atoms with Gasteiger partial charge in [0.15, 0.2) is 0 Å². The summed E-state index contributed by atoms with van der Waals surface area (Å²) >= 11 is 7.63. The summed E-state index contributed by atoms with van der Waals surface area (Å²) in [4.78, 5) is 17.5. The van der Waals surface area contributed by atoms with Gasteiger partial charge in [-0.3, -0.25) is 0 Å². The van der Waals surface area contributed by atoms with Gasteiger partial charge in [-0.05, 0) is 35.0 Å². The van der Waals surface area contributed by atoms with Crippen LogP contribution in [0.2, 0.25) is 5.28 Å². The van der Waals surface area contributed by atoms with Crippen LogP contribution in [0.25, 0.3) is 5.95 Å². The molecule has 0 atom stereocenters. The molecule has 3 heterocycles. The molecule has 0 saturated carbocycles. The van der Waals surface area contributed by atoms with Crippen molar-refractivity contribution >= 4 is 28.9 Å². The molecule has 0 bridgehead atoms. The van der Waals surface area contributed by atoms with Crippen molar-refractivity contribution in [3.63, 3.8) is 0 Å². The summed E-state index contributed by atoms with van der Waals surface area (Å²) in [6.45, 7) is 2.78. The number of anilines is 1. The fourth-order valence-electron chi connectivity index (χ4n) is 1.83. The molecule has 21 heavy (non-hydrogen) atoms. The molecule has 108 valence electrons. The lowest BCUT2D eigenvalue weighted by Gasteiger charge is -2.06. The maximum absolute atomic E-state index is 5.92. The Morgan fingerprint density at radius 2 is 2.24 bits per heavy atom. The third-order valence-electron chi connectivity index (χ3n) is 2.85. The fourth-order valence-corrected chi connectivity index (χ4v) is 2.90. The van der Waals surface area contributed by atoms with E-state index in [0.717, 1.165) is 6.42 Å². The molecule has 0 radical (unpaired) electrons. The van der Waals surface area contributed by atoms with Gasteiger partial charge >= 0.3 is 0 Å². The third-order valence-corrected chi connectivity index (χ3v) is 3.98. The molecule has 3 aromatic rings. The number of halogens is 1. The Morgan fingerprint density at radius 1 is 1.33 bits per heavy atom. The van der Waals surface area contributed by atoms with E-state index in [2.05, 4.69) is 48.7 Å². The number of nitrogens with zero attached hydrogens (tertiary/aromatic N) is 6. The summed E-state index contributed by atoms with van der Waals surface area (Å²) in [5.74, 6) is 0.743. The first-order chi connectivity index (χ1) is 10.3. The lowest BCUT2D eigenvalue weighted by molar-refractivity contribution is 0.793. The smallest absolute Gasteiger partial charge is 0.258 e. The summed E-state index contributed by atoms with van der Waals surface area (Å²) < 4.78 is 1.43. The Hall–Kier alpha value is -2.06. The van der Waals surface area contributed by atoms with Crippen molar-refractivity contribution in [3.8, 4) is 5.95 Å². The maximum atomic E-state index is 5.92. The summed E-state index contributed by atoms with van der Waals surface area (Å²) in [5.41, 5.74) is 1.32. The van der Waals surface area contributed by atoms with Crippen molar-refractivity contribution in [1.29, 1.82) is 0 Å². The molecule has 7 nitrogen and oxygen atoms in total. The second-order valence-electron chi connectivity index (χ2n) is 4.14. The van der Waals surface area contributed by atoms with Crippen molar-refractivity contribution in [1.82, 2.24) is 29.7 Å². The quantitative estimate of drug-likeness (QED) is 0.776. The van der Waals surface area contributed by atoms with Gasteiger partial charge in [0.25, 0.3) is 5.95 Å². The second-order valence-corrected chi connectivity index (χ2v) is 5.48. The van der Waals surface area contributed by atoms with E-state index in [4.69, 9.17) is 11.6 Å². The highest BCUT2D eigenvalue weighted by Gasteiger charge is 2.08. The van der Waals surface area contributed by atoms with Gasteiger partial charge in [0.05, 0.1) is 6.54 Å². The van der Waals surface area contributed by atoms with Gasteiger partial charge in [-0.15, -0.1) is 11.3 Å². The average molecular weight is 322 g/mol. The minimum atomic E-state index is 0.111. The molecule has 0 unspecified atom stereocenters. The van der Waals surface area contributed by atoms with Gasteiger partial charge in [0.1, 0.15) is 12.7 Å². The molecule has 0 spiro atoms. The van der Waals surface area contributed by atoms with Crippen LogP contribution in [0.3, 0.4) is 0 Å². The van der Waals surface area contributed by atoms with E-state index in [1.807, 2.05) is 0 Å². The SMILES string of the molecule is CCc1ccsc1CNc1nc(Cl)nc(-n2cncn2)n1. The van der Waals surface area contributed by atoms with Crippen molar-refractivity contribution in [2.75, 3.05) is 5.32 Å². The van der Waals surface area contributed by atoms with Crippen molar-refractivity contribution in [2.24, 2.45) is 0 Å². The van der Waals surface area contributed by atoms with E-state index in [0.29, 0.717) is 18.4 Å². The number of aromatic nitrogens is 6. The van der Waals surface area contributed by atoms with Crippen LogP contribution in [0.1, 0.15) is 17.4 Å². The standard InChI is InChI=1S/C12H12ClN7S/c1-2-8-3-4-21-9(8)5-15-11-17-10(13)18-12(19-11)20-7-14-6-16-20/h3-4,6-7H,2,5H2,1H3,(H,15,17,18,19). The van der Waals surface area contributed by atoms with Crippen LogP contribution in [0.15, 0.2) is 24.1 Å². The minimum Gasteiger partial charge on any atom is -0.349 e. The lowest BCUT2D eigenvalue weighted by Crippen LogP contribution is -2.09. The molecule has 0 aliphatic heterocycles. The maximum Gasteiger partial charge on any atom is 0.258 e. The Balaban J connectivity index is 1.79. The molecule has 0 aliphatic carbocycles. The number of nitrogens with one attached hydrogen (secondary N) is 1. The number of aryl methyl sites for hydroxylation is 1. The molecule has 0 aliphatic rings. The summed E-state index contributed by atoms with van der Waals surface area (Å²) in [6, 6.07) is 2.13. The predicted octanol–water partition coefficient (Wildman–Crippen LogP) is 2.34. The van der Waals surface area contributed by atoms with Crippen LogP contribution >= 0.6 is 22.9 Å². The molecule has 1 N–H and O–H groups in total. The molecule has 0 saturated heterocycles. The first kappa shape index (κ1) is 13.9. The normalized spacial score (nSPS) is 10.8. The van der Waals surface area contributed by atoms with Gasteiger partial charge in [-0.1, -0.05) is 6.92 Å². The van der Waals surface area contributed by atoms with E-state index >= 15 is 0 Å². The number of hydrogen-bond donors (Lipinski definition) is 1. The van der Waals surface area contributed by atoms with Gasteiger partial charge in [-0.2, -0.15) is 24.7 Å². The van der Waals surface area contributed by atoms with E-state index in [1.165, 1.54) is 27.8 Å². The summed E-state index contributed by atoms with van der Waals surface area (Å²) in [6.07, 6.45) is 3.91. The third kappa shape index (κ3) is 3.17. The van der Waals surface area contributed by atoms with Gasteiger partial charge in [0, 0.05) is 4.88 Å². The van der Waals surface area contributed by atoms with Crippen molar-refractivity contribution in [2.45, 2.75) is 19.9 Å². The van der Waals surface area contributed by atoms with E-state index < -0.39 is 0 Å². The summed E-state index contributed by atoms with van der Waals surface area (Å²) in [7, 11) is 0. The Bertz CT molecular complexity index is 725. The fraction of sp³-hybridized carbons (Fsp3) is 0.250. The van der Waals surface area contributed by atoms with E-state index in [-0.39, 0.29) is 5.28 Å². The van der Waals surface area contributed by atoms with Gasteiger partial charge in [0.2, 0.25) is 11.2 Å². The predicted molar refractivity (Wildman–Crippen MR) is 80.8 cm³/mol. The van der Waals surface area contributed by atoms with Crippen molar-refractivity contribution in [3.05, 3.63) is 39.8 Å². The van der Waals surface area contributed by atoms with Crippen LogP contribution < -0.4 is 5.32 Å². The van der Waals surface area contributed by atoms with Gasteiger partial charge < -0.3 is 5.32 Å². The largest absolute Gasteiger partial charge is 0.349 e. The average Bonchev–Trinajstić information content (AvgIpc) is 3.15. The zero-order chi connectivity index (χ0) is 14.7. The van der Waals surface area contributed by atoms with Gasteiger partial charge in [-0.25, -0.2) is 4.98 Å². The molecule has 0 amide bonds. The number of hydrogen-bond acceptors (Lipinski definition) is 7. The van der Waals surface area contributed by atoms with E-state index in [9.17, 15) is 0 Å². The second kappa shape index (κ2) is 6.15. The zero-order valence-electron chi connectivity index (χ0n) is 11.2. The molecular weight excluding hydrogens is 310 g/mol. The highest BCUT2D eigenvalue weighted by Crippen LogP contribution is 2.18. The zero-order valence-corrected chi connectivity index (χ0v) is 12.8. The van der Waals surface area contributed by atoms with Crippen LogP contribution in [0, 0.1) is 0 Å². The van der Waals surface area contributed by atoms with Crippen molar-refractivity contribution < 1.29 is 0 Å². The van der Waals surface area contributed by atoms with Crippen LogP contribution in [0.4, 0.5) is 5.95 Å². The Kier molecular flexibility index (Phi) is 4.07. The first-order valence-electron chi connectivity index (χ1n) is 6.32. The Morgan fingerprint density at radius 3 is 3.00 bits per heavy atom.